The highest BCUT2D eigenvalue weighted by Gasteiger charge is 2.30. The van der Waals surface area contributed by atoms with E-state index in [1.807, 2.05) is 19.3 Å². The fraction of sp³-hybridized carbons (Fsp3) is 0.353. The van der Waals surface area contributed by atoms with Crippen molar-refractivity contribution in [1.82, 2.24) is 15.1 Å². The van der Waals surface area contributed by atoms with Crippen LogP contribution in [0.4, 0.5) is 0 Å². The molecule has 0 spiro atoms. The van der Waals surface area contributed by atoms with Gasteiger partial charge in [-0.15, -0.1) is 0 Å². The summed E-state index contributed by atoms with van der Waals surface area (Å²) >= 11 is 0. The van der Waals surface area contributed by atoms with Crippen LogP contribution in [0, 0.1) is 11.3 Å². The summed E-state index contributed by atoms with van der Waals surface area (Å²) in [4.78, 5) is 12.5. The van der Waals surface area contributed by atoms with E-state index in [0.29, 0.717) is 17.7 Å². The third-order valence-electron chi connectivity index (χ3n) is 3.95. The van der Waals surface area contributed by atoms with Gasteiger partial charge >= 0.3 is 0 Å². The molecular weight excluding hydrogens is 292 g/mol. The number of nitriles is 1. The Hall–Kier alpha value is -2.65. The third-order valence-corrected chi connectivity index (χ3v) is 3.95. The summed E-state index contributed by atoms with van der Waals surface area (Å²) in [5.74, 6) is -0.188. The number of rotatable bonds is 3. The zero-order valence-corrected chi connectivity index (χ0v) is 12.9. The van der Waals surface area contributed by atoms with Gasteiger partial charge in [0.1, 0.15) is 6.10 Å². The van der Waals surface area contributed by atoms with Gasteiger partial charge in [-0.05, 0) is 31.0 Å². The Balaban J connectivity index is 1.76. The molecule has 3 rings (SSSR count). The maximum Gasteiger partial charge on any atom is 0.251 e. The van der Waals surface area contributed by atoms with E-state index in [0.717, 1.165) is 18.4 Å². The van der Waals surface area contributed by atoms with E-state index in [-0.39, 0.29) is 18.1 Å². The molecule has 118 valence electrons. The maximum absolute atomic E-state index is 12.5. The van der Waals surface area contributed by atoms with E-state index in [2.05, 4.69) is 10.4 Å². The number of benzene rings is 1. The van der Waals surface area contributed by atoms with Crippen LogP contribution in [-0.4, -0.2) is 28.3 Å². The van der Waals surface area contributed by atoms with Crippen LogP contribution in [0.2, 0.25) is 0 Å². The smallest absolute Gasteiger partial charge is 0.251 e. The lowest BCUT2D eigenvalue weighted by molar-refractivity contribution is -0.00949. The van der Waals surface area contributed by atoms with Crippen LogP contribution in [0.3, 0.4) is 0 Å². The Morgan fingerprint density at radius 2 is 2.39 bits per heavy atom. The standard InChI is InChI=1S/C17H18N4O2/c1-21-11-14(10-19-21)16-15(6-3-7-23-16)20-17(22)13-5-2-4-12(8-13)9-18/h2,4-5,8,10-11,15-16H,3,6-7H2,1H3,(H,20,22)/t15-,16+/m0/s1. The SMILES string of the molecule is Cn1cc([C@H]2OCCC[C@@H]2NC(=O)c2cccc(C#N)c2)cn1. The molecule has 0 bridgehead atoms. The van der Waals surface area contributed by atoms with E-state index in [4.69, 9.17) is 10.00 Å². The second-order valence-electron chi connectivity index (χ2n) is 5.65. The van der Waals surface area contributed by atoms with Gasteiger partial charge in [-0.2, -0.15) is 10.4 Å². The third kappa shape index (κ3) is 3.41. The molecule has 0 aliphatic carbocycles. The molecule has 6 nitrogen and oxygen atoms in total. The number of ether oxygens (including phenoxy) is 1. The first-order valence-corrected chi connectivity index (χ1v) is 7.58. The molecular formula is C17H18N4O2. The van der Waals surface area contributed by atoms with Crippen LogP contribution in [-0.2, 0) is 11.8 Å². The van der Waals surface area contributed by atoms with Crippen molar-refractivity contribution in [2.24, 2.45) is 7.05 Å². The minimum Gasteiger partial charge on any atom is -0.371 e. The number of amides is 1. The number of hydrogen-bond acceptors (Lipinski definition) is 4. The molecule has 1 aromatic heterocycles. The van der Waals surface area contributed by atoms with Gasteiger partial charge in [0.15, 0.2) is 0 Å². The molecule has 2 heterocycles. The van der Waals surface area contributed by atoms with Crippen molar-refractivity contribution < 1.29 is 9.53 Å². The van der Waals surface area contributed by atoms with Crippen LogP contribution in [0.1, 0.15) is 40.4 Å². The lowest BCUT2D eigenvalue weighted by Crippen LogP contribution is -2.42. The zero-order valence-electron chi connectivity index (χ0n) is 12.9. The minimum atomic E-state index is -0.194. The quantitative estimate of drug-likeness (QED) is 0.939. The first-order chi connectivity index (χ1) is 11.2. The predicted molar refractivity (Wildman–Crippen MR) is 83.5 cm³/mol. The molecule has 0 saturated carbocycles. The molecule has 0 radical (unpaired) electrons. The Kier molecular flexibility index (Phi) is 4.40. The summed E-state index contributed by atoms with van der Waals surface area (Å²) < 4.78 is 7.58. The van der Waals surface area contributed by atoms with Gasteiger partial charge in [0.25, 0.3) is 5.91 Å². The zero-order chi connectivity index (χ0) is 16.2. The lowest BCUT2D eigenvalue weighted by atomic mass is 9.97. The fourth-order valence-corrected chi connectivity index (χ4v) is 2.83. The van der Waals surface area contributed by atoms with Crippen LogP contribution in [0.5, 0.6) is 0 Å². The topological polar surface area (TPSA) is 79.9 Å². The molecule has 1 aliphatic heterocycles. The van der Waals surface area contributed by atoms with E-state index < -0.39 is 0 Å². The largest absolute Gasteiger partial charge is 0.371 e. The van der Waals surface area contributed by atoms with Crippen LogP contribution in [0.25, 0.3) is 0 Å². The Morgan fingerprint density at radius 3 is 3.13 bits per heavy atom. The lowest BCUT2D eigenvalue weighted by Gasteiger charge is -2.31. The molecule has 6 heteroatoms. The maximum atomic E-state index is 12.5. The minimum absolute atomic E-state index is 0.105. The highest BCUT2D eigenvalue weighted by Crippen LogP contribution is 2.28. The first-order valence-electron chi connectivity index (χ1n) is 7.58. The van der Waals surface area contributed by atoms with Gasteiger partial charge in [-0.3, -0.25) is 9.48 Å². The van der Waals surface area contributed by atoms with Crippen molar-refractivity contribution in [3.8, 4) is 6.07 Å². The number of nitrogens with zero attached hydrogens (tertiary/aromatic N) is 3. The summed E-state index contributed by atoms with van der Waals surface area (Å²) in [6, 6.07) is 8.64. The Labute approximate surface area is 134 Å². The summed E-state index contributed by atoms with van der Waals surface area (Å²) in [5, 5.41) is 16.2. The average Bonchev–Trinajstić information content (AvgIpc) is 3.01. The molecule has 1 aliphatic rings. The fourth-order valence-electron chi connectivity index (χ4n) is 2.83. The second-order valence-corrected chi connectivity index (χ2v) is 5.65. The van der Waals surface area contributed by atoms with Crippen LogP contribution < -0.4 is 5.32 Å². The van der Waals surface area contributed by atoms with Crippen molar-refractivity contribution in [2.75, 3.05) is 6.61 Å². The average molecular weight is 310 g/mol. The number of hydrogen-bond donors (Lipinski definition) is 1. The molecule has 1 saturated heterocycles. The monoisotopic (exact) mass is 310 g/mol. The van der Waals surface area contributed by atoms with Crippen molar-refractivity contribution in [2.45, 2.75) is 25.0 Å². The van der Waals surface area contributed by atoms with E-state index >= 15 is 0 Å². The van der Waals surface area contributed by atoms with Crippen molar-refractivity contribution in [3.63, 3.8) is 0 Å². The Morgan fingerprint density at radius 1 is 1.52 bits per heavy atom. The van der Waals surface area contributed by atoms with E-state index in [9.17, 15) is 4.79 Å². The first kappa shape index (κ1) is 15.3. The summed E-state index contributed by atoms with van der Waals surface area (Å²) in [6.07, 6.45) is 5.24. The number of nitrogens with one attached hydrogen (secondary N) is 1. The summed E-state index contributed by atoms with van der Waals surface area (Å²) in [6.45, 7) is 0.676. The molecule has 0 unspecified atom stereocenters. The van der Waals surface area contributed by atoms with Crippen LogP contribution in [0.15, 0.2) is 36.7 Å². The number of carbonyl (C=O) groups excluding carboxylic acids is 1. The normalized spacial score (nSPS) is 20.7. The van der Waals surface area contributed by atoms with Gasteiger partial charge < -0.3 is 10.1 Å². The van der Waals surface area contributed by atoms with Crippen molar-refractivity contribution >= 4 is 5.91 Å². The molecule has 2 atom stereocenters. The van der Waals surface area contributed by atoms with Gasteiger partial charge in [-0.25, -0.2) is 0 Å². The van der Waals surface area contributed by atoms with Gasteiger partial charge in [0, 0.05) is 31.0 Å². The number of aromatic nitrogens is 2. The van der Waals surface area contributed by atoms with Gasteiger partial charge in [0.2, 0.25) is 0 Å². The highest BCUT2D eigenvalue weighted by atomic mass is 16.5. The van der Waals surface area contributed by atoms with Crippen LogP contribution >= 0.6 is 0 Å². The summed E-state index contributed by atoms with van der Waals surface area (Å²) in [5.41, 5.74) is 1.92. The number of aryl methyl sites for hydroxylation is 1. The molecule has 23 heavy (non-hydrogen) atoms. The Bertz CT molecular complexity index is 747. The van der Waals surface area contributed by atoms with E-state index in [1.54, 1.807) is 35.1 Å². The summed E-state index contributed by atoms with van der Waals surface area (Å²) in [7, 11) is 1.85. The van der Waals surface area contributed by atoms with Gasteiger partial charge in [0.05, 0.1) is 23.9 Å². The second kappa shape index (κ2) is 6.63. The number of carbonyl (C=O) groups is 1. The highest BCUT2D eigenvalue weighted by molar-refractivity contribution is 5.94. The van der Waals surface area contributed by atoms with Crippen molar-refractivity contribution in [3.05, 3.63) is 53.3 Å². The molecule has 2 aromatic rings. The van der Waals surface area contributed by atoms with E-state index in [1.165, 1.54) is 0 Å². The van der Waals surface area contributed by atoms with Crippen molar-refractivity contribution in [1.29, 1.82) is 5.26 Å². The van der Waals surface area contributed by atoms with Gasteiger partial charge in [-0.1, -0.05) is 6.07 Å². The molecule has 1 aromatic carbocycles. The predicted octanol–water partition coefficient (Wildman–Crippen LogP) is 1.94. The molecule has 1 N–H and O–H groups in total. The molecule has 1 amide bonds. The molecule has 1 fully saturated rings.